The molecule has 1 aromatic heterocycles. The Balaban J connectivity index is 2.24. The smallest absolute Gasteiger partial charge is 0.400 e. The zero-order valence-electron chi connectivity index (χ0n) is 12.2. The third-order valence-corrected chi connectivity index (χ3v) is 3.94. The molecule has 1 fully saturated rings. The van der Waals surface area contributed by atoms with Crippen LogP contribution in [0.15, 0.2) is 17.9 Å². The molecule has 0 spiro atoms. The summed E-state index contributed by atoms with van der Waals surface area (Å²) in [5.41, 5.74) is 5.80. The molecule has 2 heterocycles. The van der Waals surface area contributed by atoms with Crippen LogP contribution in [0.3, 0.4) is 0 Å². The molecule has 0 saturated carbocycles. The fourth-order valence-electron chi connectivity index (χ4n) is 1.78. The third-order valence-electron chi connectivity index (χ3n) is 3.75. The van der Waals surface area contributed by atoms with Crippen LogP contribution in [0.5, 0.6) is 0 Å². The van der Waals surface area contributed by atoms with Crippen LogP contribution in [0.1, 0.15) is 33.5 Å². The number of hydrogen-bond acceptors (Lipinski definition) is 5. The van der Waals surface area contributed by atoms with Crippen molar-refractivity contribution in [3.63, 3.8) is 0 Å². The first-order valence-corrected chi connectivity index (χ1v) is 6.87. The highest BCUT2D eigenvalue weighted by Gasteiger charge is 2.52. The molecular formula is C13H19BClN3O2. The van der Waals surface area contributed by atoms with E-state index in [9.17, 15) is 0 Å². The maximum atomic E-state index is 5.96. The molecule has 20 heavy (non-hydrogen) atoms. The SMILES string of the molecule is CC1(C)OB(C(=Cc2ncc(Cl)cn2)CN)OC1(C)C. The van der Waals surface area contributed by atoms with E-state index in [0.717, 1.165) is 5.47 Å². The average molecular weight is 296 g/mol. The summed E-state index contributed by atoms with van der Waals surface area (Å²) >= 11 is 5.76. The molecule has 0 unspecified atom stereocenters. The monoisotopic (exact) mass is 295 g/mol. The van der Waals surface area contributed by atoms with Gasteiger partial charge in [0.1, 0.15) is 0 Å². The van der Waals surface area contributed by atoms with Gasteiger partial charge in [-0.1, -0.05) is 11.6 Å². The molecule has 0 bridgehead atoms. The van der Waals surface area contributed by atoms with Gasteiger partial charge < -0.3 is 15.0 Å². The molecule has 108 valence electrons. The third kappa shape index (κ3) is 3.04. The highest BCUT2D eigenvalue weighted by molar-refractivity contribution is 6.55. The van der Waals surface area contributed by atoms with E-state index in [2.05, 4.69) is 9.97 Å². The molecule has 5 nitrogen and oxygen atoms in total. The van der Waals surface area contributed by atoms with Gasteiger partial charge in [0.15, 0.2) is 5.82 Å². The summed E-state index contributed by atoms with van der Waals surface area (Å²) in [6, 6.07) is 0. The maximum Gasteiger partial charge on any atom is 0.491 e. The fraction of sp³-hybridized carbons (Fsp3) is 0.538. The Morgan fingerprint density at radius 1 is 1.25 bits per heavy atom. The van der Waals surface area contributed by atoms with Gasteiger partial charge in [0.25, 0.3) is 0 Å². The van der Waals surface area contributed by atoms with E-state index in [0.29, 0.717) is 17.4 Å². The minimum atomic E-state index is -0.482. The Hall–Kier alpha value is -0.945. The Kier molecular flexibility index (Phi) is 4.20. The van der Waals surface area contributed by atoms with Crippen molar-refractivity contribution in [3.05, 3.63) is 28.7 Å². The predicted octanol–water partition coefficient (Wildman–Crippen LogP) is 2.10. The Labute approximate surface area is 124 Å². The van der Waals surface area contributed by atoms with Gasteiger partial charge in [-0.15, -0.1) is 0 Å². The number of halogens is 1. The summed E-state index contributed by atoms with van der Waals surface area (Å²) in [7, 11) is -0.482. The van der Waals surface area contributed by atoms with Crippen LogP contribution in [-0.2, 0) is 9.31 Å². The molecule has 1 saturated heterocycles. The second kappa shape index (κ2) is 5.45. The van der Waals surface area contributed by atoms with E-state index >= 15 is 0 Å². The lowest BCUT2D eigenvalue weighted by Gasteiger charge is -2.32. The second-order valence-corrected chi connectivity index (χ2v) is 6.21. The lowest BCUT2D eigenvalue weighted by Crippen LogP contribution is -2.41. The van der Waals surface area contributed by atoms with Gasteiger partial charge in [-0.25, -0.2) is 9.97 Å². The van der Waals surface area contributed by atoms with Crippen LogP contribution >= 0.6 is 11.6 Å². The van der Waals surface area contributed by atoms with E-state index in [1.54, 1.807) is 18.5 Å². The number of nitrogens with two attached hydrogens (primary N) is 1. The molecule has 0 aliphatic carbocycles. The second-order valence-electron chi connectivity index (χ2n) is 5.77. The van der Waals surface area contributed by atoms with Crippen molar-refractivity contribution in [3.8, 4) is 0 Å². The number of aromatic nitrogens is 2. The van der Waals surface area contributed by atoms with E-state index in [1.165, 1.54) is 0 Å². The van der Waals surface area contributed by atoms with Gasteiger partial charge in [0.2, 0.25) is 0 Å². The molecule has 0 radical (unpaired) electrons. The molecule has 1 aromatic rings. The Bertz CT molecular complexity index is 501. The van der Waals surface area contributed by atoms with Crippen LogP contribution in [-0.4, -0.2) is 34.8 Å². The van der Waals surface area contributed by atoms with Crippen molar-refractivity contribution in [2.45, 2.75) is 38.9 Å². The molecule has 2 rings (SSSR count). The molecule has 0 amide bonds. The summed E-state index contributed by atoms with van der Waals surface area (Å²) in [5, 5.41) is 0.493. The lowest BCUT2D eigenvalue weighted by molar-refractivity contribution is 0.00578. The zero-order chi connectivity index (χ0) is 15.0. The highest BCUT2D eigenvalue weighted by Crippen LogP contribution is 2.38. The van der Waals surface area contributed by atoms with Crippen LogP contribution in [0.2, 0.25) is 5.02 Å². The minimum absolute atomic E-state index is 0.308. The van der Waals surface area contributed by atoms with Crippen LogP contribution in [0, 0.1) is 0 Å². The first kappa shape index (κ1) is 15.4. The Morgan fingerprint density at radius 3 is 2.20 bits per heavy atom. The summed E-state index contributed by atoms with van der Waals surface area (Å²) in [4.78, 5) is 8.25. The summed E-state index contributed by atoms with van der Waals surface area (Å²) in [6.07, 6.45) is 4.86. The topological polar surface area (TPSA) is 70.3 Å². The fourth-order valence-corrected chi connectivity index (χ4v) is 1.88. The van der Waals surface area contributed by atoms with Gasteiger partial charge in [-0.3, -0.25) is 0 Å². The largest absolute Gasteiger partial charge is 0.491 e. The van der Waals surface area contributed by atoms with Gasteiger partial charge >= 0.3 is 7.12 Å². The predicted molar refractivity (Wildman–Crippen MR) is 80.2 cm³/mol. The summed E-state index contributed by atoms with van der Waals surface area (Å²) in [5.74, 6) is 0.532. The molecule has 1 aliphatic rings. The molecule has 0 aromatic carbocycles. The normalized spacial score (nSPS) is 21.3. The lowest BCUT2D eigenvalue weighted by atomic mass is 9.78. The summed E-state index contributed by atoms with van der Waals surface area (Å²) < 4.78 is 11.9. The van der Waals surface area contributed by atoms with Crippen LogP contribution < -0.4 is 5.73 Å². The Morgan fingerprint density at radius 2 is 1.75 bits per heavy atom. The van der Waals surface area contributed by atoms with Crippen molar-refractivity contribution in [2.24, 2.45) is 5.73 Å². The van der Waals surface area contributed by atoms with Crippen molar-refractivity contribution in [1.29, 1.82) is 0 Å². The van der Waals surface area contributed by atoms with Crippen molar-refractivity contribution in [1.82, 2.24) is 9.97 Å². The zero-order valence-corrected chi connectivity index (χ0v) is 12.9. The maximum absolute atomic E-state index is 5.96. The molecular weight excluding hydrogens is 276 g/mol. The molecule has 2 N–H and O–H groups in total. The molecule has 1 aliphatic heterocycles. The van der Waals surface area contributed by atoms with E-state index < -0.39 is 18.3 Å². The summed E-state index contributed by atoms with van der Waals surface area (Å²) in [6.45, 7) is 8.31. The van der Waals surface area contributed by atoms with E-state index in [-0.39, 0.29) is 0 Å². The van der Waals surface area contributed by atoms with E-state index in [4.69, 9.17) is 26.6 Å². The van der Waals surface area contributed by atoms with Crippen molar-refractivity contribution in [2.75, 3.05) is 6.54 Å². The van der Waals surface area contributed by atoms with Crippen LogP contribution in [0.25, 0.3) is 6.08 Å². The average Bonchev–Trinajstić information content (AvgIpc) is 2.57. The minimum Gasteiger partial charge on any atom is -0.400 e. The quantitative estimate of drug-likeness (QED) is 0.865. The van der Waals surface area contributed by atoms with Gasteiger partial charge in [0.05, 0.1) is 16.2 Å². The van der Waals surface area contributed by atoms with Gasteiger partial charge in [-0.2, -0.15) is 0 Å². The first-order valence-electron chi connectivity index (χ1n) is 6.49. The van der Waals surface area contributed by atoms with Crippen molar-refractivity contribution < 1.29 is 9.31 Å². The van der Waals surface area contributed by atoms with Crippen LogP contribution in [0.4, 0.5) is 0 Å². The first-order chi connectivity index (χ1) is 9.25. The van der Waals surface area contributed by atoms with Gasteiger partial charge in [-0.05, 0) is 39.2 Å². The number of hydrogen-bond donors (Lipinski definition) is 1. The van der Waals surface area contributed by atoms with E-state index in [1.807, 2.05) is 27.7 Å². The standard InChI is InChI=1S/C13H19BClN3O2/c1-12(2)13(3,4)20-14(19-12)9(6-16)5-11-17-7-10(15)8-18-11/h5,7-8H,6,16H2,1-4H3. The highest BCUT2D eigenvalue weighted by atomic mass is 35.5. The number of nitrogens with zero attached hydrogens (tertiary/aromatic N) is 2. The van der Waals surface area contributed by atoms with Crippen molar-refractivity contribution >= 4 is 24.8 Å². The molecule has 0 atom stereocenters. The molecule has 7 heteroatoms. The van der Waals surface area contributed by atoms with Gasteiger partial charge in [0, 0.05) is 18.9 Å². The number of rotatable bonds is 3.